The van der Waals surface area contributed by atoms with Crippen molar-refractivity contribution in [1.82, 2.24) is 29.7 Å². The number of hydrogen-bond donors (Lipinski definition) is 2. The molecule has 12 nitrogen and oxygen atoms in total. The van der Waals surface area contributed by atoms with Crippen LogP contribution < -0.4 is 0 Å². The van der Waals surface area contributed by atoms with Crippen molar-refractivity contribution >= 4 is 34.3 Å². The maximum Gasteiger partial charge on any atom is 0.410 e. The summed E-state index contributed by atoms with van der Waals surface area (Å²) in [7, 11) is 0. The molecule has 2 aliphatic heterocycles. The highest BCUT2D eigenvalue weighted by molar-refractivity contribution is 5.78. The molecule has 2 saturated heterocycles. The lowest BCUT2D eigenvalue weighted by Gasteiger charge is -2.22. The van der Waals surface area contributed by atoms with Crippen LogP contribution in [0, 0.1) is 0 Å². The van der Waals surface area contributed by atoms with E-state index in [9.17, 15) is 9.59 Å². The van der Waals surface area contributed by atoms with E-state index in [1.807, 2.05) is 72.8 Å². The third-order valence-corrected chi connectivity index (χ3v) is 11.0. The van der Waals surface area contributed by atoms with E-state index >= 15 is 0 Å². The molecule has 4 atom stereocenters. The van der Waals surface area contributed by atoms with Crippen LogP contribution in [0.3, 0.4) is 0 Å². The minimum Gasteiger partial charge on any atom is -0.445 e. The van der Waals surface area contributed by atoms with E-state index in [4.69, 9.17) is 28.9 Å². The molecule has 58 heavy (non-hydrogen) atoms. The molecule has 0 bridgehead atoms. The number of likely N-dealkylation sites (tertiary alicyclic amines) is 2. The van der Waals surface area contributed by atoms with Gasteiger partial charge in [-0.05, 0) is 72.2 Å². The standard InChI is InChI=1S/C46H52N6O6/c1-3-21-55-35-25-41(51(27-35)45(53)57-29-33-11-7-5-8-12-33)43-47-37-19-17-31(23-39(37)49-43)15-16-32-18-20-38-40(24-32)50-44(48-38)42-26-36(56-22-4-2)28-52(42)46(54)58-30-34-13-9-6-10-14-34/h5-14,17-20,23-24,35-36,41-42H,3-4,15-16,21-22,25-30H2,1-2H3,(H,47,49)(H,48,50)/t35-,36-,41+,42+/m1/s1. The van der Waals surface area contributed by atoms with Crippen LogP contribution in [0.15, 0.2) is 97.1 Å². The van der Waals surface area contributed by atoms with E-state index in [2.05, 4.69) is 48.1 Å². The average molecular weight is 785 g/mol. The Labute approximate surface area is 338 Å². The quantitative estimate of drug-likeness (QED) is 0.105. The van der Waals surface area contributed by atoms with Crippen molar-refractivity contribution in [1.29, 1.82) is 0 Å². The number of aromatic amines is 2. The van der Waals surface area contributed by atoms with Crippen LogP contribution in [0.4, 0.5) is 9.59 Å². The van der Waals surface area contributed by atoms with Gasteiger partial charge in [0, 0.05) is 26.1 Å². The second-order valence-corrected chi connectivity index (χ2v) is 15.3. The summed E-state index contributed by atoms with van der Waals surface area (Å²) < 4.78 is 23.7. The topological polar surface area (TPSA) is 135 Å². The fourth-order valence-electron chi connectivity index (χ4n) is 8.00. The molecule has 2 fully saturated rings. The second kappa shape index (κ2) is 18.3. The Morgan fingerprint density at radius 3 is 1.45 bits per heavy atom. The summed E-state index contributed by atoms with van der Waals surface area (Å²) in [5.41, 5.74) is 7.81. The van der Waals surface area contributed by atoms with Gasteiger partial charge in [0.2, 0.25) is 0 Å². The van der Waals surface area contributed by atoms with Gasteiger partial charge < -0.3 is 28.9 Å². The third kappa shape index (κ3) is 9.19. The molecule has 8 rings (SSSR count). The monoisotopic (exact) mass is 784 g/mol. The van der Waals surface area contributed by atoms with Gasteiger partial charge in [-0.2, -0.15) is 0 Å². The number of nitrogens with one attached hydrogen (secondary N) is 2. The number of benzene rings is 4. The summed E-state index contributed by atoms with van der Waals surface area (Å²) >= 11 is 0. The van der Waals surface area contributed by atoms with Crippen LogP contribution in [0.25, 0.3) is 22.1 Å². The molecule has 0 saturated carbocycles. The van der Waals surface area contributed by atoms with Crippen molar-refractivity contribution in [2.75, 3.05) is 26.3 Å². The van der Waals surface area contributed by atoms with Gasteiger partial charge in [-0.1, -0.05) is 86.6 Å². The Morgan fingerprint density at radius 1 is 0.603 bits per heavy atom. The summed E-state index contributed by atoms with van der Waals surface area (Å²) in [6, 6.07) is 31.5. The van der Waals surface area contributed by atoms with Gasteiger partial charge in [0.15, 0.2) is 0 Å². The molecule has 4 aromatic carbocycles. The van der Waals surface area contributed by atoms with Crippen molar-refractivity contribution < 1.29 is 28.5 Å². The van der Waals surface area contributed by atoms with Gasteiger partial charge in [0.05, 0.1) is 59.4 Å². The first kappa shape index (κ1) is 39.1. The lowest BCUT2D eigenvalue weighted by molar-refractivity contribution is 0.0540. The molecule has 0 spiro atoms. The number of carbonyl (C=O) groups excluding carboxylic acids is 2. The summed E-state index contributed by atoms with van der Waals surface area (Å²) in [5.74, 6) is 1.47. The van der Waals surface area contributed by atoms with Crippen LogP contribution in [0.2, 0.25) is 0 Å². The van der Waals surface area contributed by atoms with Gasteiger partial charge in [-0.25, -0.2) is 19.6 Å². The van der Waals surface area contributed by atoms with E-state index in [-0.39, 0.29) is 49.7 Å². The first-order chi connectivity index (χ1) is 28.4. The fraction of sp³-hybridized carbons (Fsp3) is 0.391. The Morgan fingerprint density at radius 2 is 1.03 bits per heavy atom. The van der Waals surface area contributed by atoms with Crippen LogP contribution in [-0.2, 0) is 45.0 Å². The first-order valence-electron chi connectivity index (χ1n) is 20.6. The highest BCUT2D eigenvalue weighted by Gasteiger charge is 2.41. The van der Waals surface area contributed by atoms with E-state index in [0.717, 1.165) is 70.5 Å². The summed E-state index contributed by atoms with van der Waals surface area (Å²) in [5, 5.41) is 0. The lowest BCUT2D eigenvalue weighted by atomic mass is 10.0. The Hall–Kier alpha value is -5.72. The Kier molecular flexibility index (Phi) is 12.3. The number of fused-ring (bicyclic) bond motifs is 2. The Balaban J connectivity index is 0.933. The average Bonchev–Trinajstić information content (AvgIpc) is 4.07. The van der Waals surface area contributed by atoms with Gasteiger partial charge in [0.1, 0.15) is 24.9 Å². The van der Waals surface area contributed by atoms with Crippen molar-refractivity contribution in [3.63, 3.8) is 0 Å². The van der Waals surface area contributed by atoms with E-state index < -0.39 is 0 Å². The normalized spacial score (nSPS) is 19.3. The molecule has 6 aromatic rings. The molecule has 2 aromatic heterocycles. The van der Waals surface area contributed by atoms with Crippen LogP contribution in [0.1, 0.15) is 85.5 Å². The number of imidazole rings is 2. The van der Waals surface area contributed by atoms with Crippen molar-refractivity contribution in [2.24, 2.45) is 0 Å². The first-order valence-corrected chi connectivity index (χ1v) is 20.6. The largest absolute Gasteiger partial charge is 0.445 e. The van der Waals surface area contributed by atoms with Gasteiger partial charge >= 0.3 is 12.2 Å². The van der Waals surface area contributed by atoms with Crippen molar-refractivity contribution in [2.45, 2.75) is 89.9 Å². The number of ether oxygens (including phenoxy) is 4. The Bertz CT molecular complexity index is 2130. The van der Waals surface area contributed by atoms with E-state index in [0.29, 0.717) is 39.1 Å². The maximum absolute atomic E-state index is 13.4. The van der Waals surface area contributed by atoms with E-state index in [1.54, 1.807) is 9.80 Å². The smallest absolute Gasteiger partial charge is 0.410 e. The number of hydrogen-bond acceptors (Lipinski definition) is 8. The molecule has 2 N–H and O–H groups in total. The molecule has 2 aliphatic rings. The fourth-order valence-corrected chi connectivity index (χ4v) is 8.00. The zero-order chi connectivity index (χ0) is 39.8. The minimum absolute atomic E-state index is 0.0865. The number of carbonyl (C=O) groups is 2. The molecule has 12 heteroatoms. The van der Waals surface area contributed by atoms with Gasteiger partial charge in [-0.3, -0.25) is 9.80 Å². The number of nitrogens with zero attached hydrogens (tertiary/aromatic N) is 4. The molecule has 0 radical (unpaired) electrons. The molecule has 302 valence electrons. The second-order valence-electron chi connectivity index (χ2n) is 15.3. The number of rotatable bonds is 15. The summed E-state index contributed by atoms with van der Waals surface area (Å²) in [6.07, 6.45) is 3.85. The highest BCUT2D eigenvalue weighted by atomic mass is 16.6. The van der Waals surface area contributed by atoms with Crippen LogP contribution in [-0.4, -0.2) is 80.4 Å². The lowest BCUT2D eigenvalue weighted by Crippen LogP contribution is -2.33. The van der Waals surface area contributed by atoms with E-state index in [1.165, 1.54) is 11.1 Å². The summed E-state index contributed by atoms with van der Waals surface area (Å²) in [6.45, 7) is 6.78. The molecule has 2 amide bonds. The zero-order valence-electron chi connectivity index (χ0n) is 33.3. The number of H-pyrrole nitrogens is 2. The molecular weight excluding hydrogens is 733 g/mol. The van der Waals surface area contributed by atoms with Crippen LogP contribution in [0.5, 0.6) is 0 Å². The molecule has 0 aliphatic carbocycles. The predicted molar refractivity (Wildman–Crippen MR) is 221 cm³/mol. The number of amides is 2. The van der Waals surface area contributed by atoms with Crippen LogP contribution >= 0.6 is 0 Å². The molecule has 0 unspecified atom stereocenters. The SMILES string of the molecule is CCCO[C@@H]1C[C@@H](c2nc3ccc(CCc4ccc5nc([C@@H]6C[C@@H](OCCC)CN6C(=O)OCc6ccccc6)[nH]c5c4)cc3[nH]2)N(C(=O)OCc2ccccc2)C1. The van der Waals surface area contributed by atoms with Gasteiger partial charge in [0.25, 0.3) is 0 Å². The molecule has 4 heterocycles. The molecular formula is C46H52N6O6. The number of aryl methyl sites for hydroxylation is 2. The third-order valence-electron chi connectivity index (χ3n) is 11.0. The summed E-state index contributed by atoms with van der Waals surface area (Å²) in [4.78, 5) is 47.2. The van der Waals surface area contributed by atoms with Crippen molar-refractivity contribution in [3.05, 3.63) is 131 Å². The maximum atomic E-state index is 13.4. The minimum atomic E-state index is -0.369. The predicted octanol–water partition coefficient (Wildman–Crippen LogP) is 8.98. The highest BCUT2D eigenvalue weighted by Crippen LogP contribution is 2.36. The van der Waals surface area contributed by atoms with Gasteiger partial charge in [-0.15, -0.1) is 0 Å². The zero-order valence-corrected chi connectivity index (χ0v) is 33.3. The number of aromatic nitrogens is 4. The van der Waals surface area contributed by atoms with Crippen molar-refractivity contribution in [3.8, 4) is 0 Å².